The van der Waals surface area contributed by atoms with Gasteiger partial charge in [-0.05, 0) is 49.1 Å². The van der Waals surface area contributed by atoms with Crippen molar-refractivity contribution in [3.63, 3.8) is 0 Å². The molecule has 0 aliphatic heterocycles. The average Bonchev–Trinajstić information content (AvgIpc) is 3.60. The summed E-state index contributed by atoms with van der Waals surface area (Å²) in [5, 5.41) is 4.66. The molecule has 2 amide bonds. The summed E-state index contributed by atoms with van der Waals surface area (Å²) in [4.78, 5) is 34.2. The Morgan fingerprint density at radius 1 is 0.974 bits per heavy atom. The van der Waals surface area contributed by atoms with Gasteiger partial charge in [0.15, 0.2) is 0 Å². The van der Waals surface area contributed by atoms with Gasteiger partial charge in [0.1, 0.15) is 11.3 Å². The Labute approximate surface area is 225 Å². The molecule has 0 radical (unpaired) electrons. The number of aromatic nitrogens is 1. The standard InChI is InChI=1S/C31H29N3O3S/c1-21-33-28(29(38-21)23-12-7-4-8-13-23)31(36)34(2)24(17-16-22-10-5-3-6-11-22)20-32-30(35)26-14-9-15-27-25(26)18-19-37-27/h3-15,18-19,24H,16-17,20H2,1-2H3,(H,32,35)/t24-/m0/s1. The van der Waals surface area contributed by atoms with E-state index >= 15 is 0 Å². The van der Waals surface area contributed by atoms with Crippen LogP contribution in [-0.4, -0.2) is 41.3 Å². The molecule has 1 atom stereocenters. The number of hydrogen-bond acceptors (Lipinski definition) is 5. The van der Waals surface area contributed by atoms with E-state index in [4.69, 9.17) is 4.42 Å². The summed E-state index contributed by atoms with van der Waals surface area (Å²) >= 11 is 1.52. The van der Waals surface area contributed by atoms with Gasteiger partial charge in [-0.25, -0.2) is 4.98 Å². The zero-order valence-electron chi connectivity index (χ0n) is 21.4. The molecule has 38 heavy (non-hydrogen) atoms. The number of carbonyl (C=O) groups excluding carboxylic acids is 2. The minimum absolute atomic E-state index is 0.155. The number of likely N-dealkylation sites (N-methyl/N-ethyl adjacent to an activating group) is 1. The summed E-state index contributed by atoms with van der Waals surface area (Å²) < 4.78 is 5.45. The van der Waals surface area contributed by atoms with Crippen molar-refractivity contribution < 1.29 is 14.0 Å². The average molecular weight is 524 g/mol. The molecule has 3 aromatic carbocycles. The van der Waals surface area contributed by atoms with Crippen LogP contribution in [0.25, 0.3) is 21.4 Å². The molecule has 7 heteroatoms. The van der Waals surface area contributed by atoms with Crippen molar-refractivity contribution in [2.45, 2.75) is 25.8 Å². The third-order valence-corrected chi connectivity index (χ3v) is 7.71. The van der Waals surface area contributed by atoms with Gasteiger partial charge in [0.25, 0.3) is 11.8 Å². The fourth-order valence-corrected chi connectivity index (χ4v) is 5.51. The van der Waals surface area contributed by atoms with Gasteiger partial charge < -0.3 is 14.6 Å². The van der Waals surface area contributed by atoms with Gasteiger partial charge in [-0.2, -0.15) is 0 Å². The van der Waals surface area contributed by atoms with Gasteiger partial charge in [0.05, 0.1) is 21.7 Å². The first-order valence-corrected chi connectivity index (χ1v) is 13.4. The van der Waals surface area contributed by atoms with Crippen molar-refractivity contribution in [1.82, 2.24) is 15.2 Å². The van der Waals surface area contributed by atoms with Crippen LogP contribution in [0, 0.1) is 6.92 Å². The van der Waals surface area contributed by atoms with E-state index in [1.165, 1.54) is 16.9 Å². The second-order valence-corrected chi connectivity index (χ2v) is 10.4. The fourth-order valence-electron chi connectivity index (χ4n) is 4.60. The Morgan fingerprint density at radius 3 is 2.47 bits per heavy atom. The van der Waals surface area contributed by atoms with Crippen molar-refractivity contribution in [1.29, 1.82) is 0 Å². The van der Waals surface area contributed by atoms with Crippen LogP contribution in [-0.2, 0) is 6.42 Å². The van der Waals surface area contributed by atoms with E-state index in [2.05, 4.69) is 22.4 Å². The minimum Gasteiger partial charge on any atom is -0.464 e. The van der Waals surface area contributed by atoms with Crippen molar-refractivity contribution >= 4 is 34.1 Å². The van der Waals surface area contributed by atoms with Crippen LogP contribution in [0.4, 0.5) is 0 Å². The van der Waals surface area contributed by atoms with Crippen LogP contribution in [0.3, 0.4) is 0 Å². The lowest BCUT2D eigenvalue weighted by atomic mass is 10.0. The zero-order chi connectivity index (χ0) is 26.5. The quantitative estimate of drug-likeness (QED) is 0.244. The molecule has 6 nitrogen and oxygen atoms in total. The number of nitrogens with zero attached hydrogens (tertiary/aromatic N) is 2. The Kier molecular flexibility index (Phi) is 7.65. The summed E-state index contributed by atoms with van der Waals surface area (Å²) in [6.45, 7) is 2.23. The minimum atomic E-state index is -0.235. The molecule has 0 saturated carbocycles. The van der Waals surface area contributed by atoms with Gasteiger partial charge in [0.2, 0.25) is 0 Å². The topological polar surface area (TPSA) is 75.4 Å². The molecule has 0 aliphatic carbocycles. The Bertz CT molecular complexity index is 1540. The molecular formula is C31H29N3O3S. The molecule has 192 valence electrons. The molecule has 1 N–H and O–H groups in total. The van der Waals surface area contributed by atoms with Crippen molar-refractivity contribution in [3.8, 4) is 10.4 Å². The van der Waals surface area contributed by atoms with Gasteiger partial charge in [-0.15, -0.1) is 11.3 Å². The molecule has 5 aromatic rings. The zero-order valence-corrected chi connectivity index (χ0v) is 22.2. The largest absolute Gasteiger partial charge is 0.464 e. The van der Waals surface area contributed by atoms with E-state index in [0.717, 1.165) is 27.3 Å². The summed E-state index contributed by atoms with van der Waals surface area (Å²) in [6.07, 6.45) is 3.04. The third-order valence-electron chi connectivity index (χ3n) is 6.69. The van der Waals surface area contributed by atoms with Crippen LogP contribution in [0.15, 0.2) is 95.6 Å². The smallest absolute Gasteiger partial charge is 0.274 e. The van der Waals surface area contributed by atoms with Crippen LogP contribution >= 0.6 is 11.3 Å². The summed E-state index contributed by atoms with van der Waals surface area (Å²) in [5.74, 6) is -0.352. The maximum Gasteiger partial charge on any atom is 0.274 e. The Morgan fingerprint density at radius 2 is 1.71 bits per heavy atom. The molecule has 0 fully saturated rings. The number of hydrogen-bond donors (Lipinski definition) is 1. The Hall–Kier alpha value is -4.23. The van der Waals surface area contributed by atoms with Crippen molar-refractivity contribution in [2.24, 2.45) is 0 Å². The van der Waals surface area contributed by atoms with Gasteiger partial charge in [-0.1, -0.05) is 66.7 Å². The summed E-state index contributed by atoms with van der Waals surface area (Å²) in [6, 6.07) is 27.0. The monoisotopic (exact) mass is 523 g/mol. The van der Waals surface area contributed by atoms with Crippen molar-refractivity contribution in [2.75, 3.05) is 13.6 Å². The maximum absolute atomic E-state index is 13.8. The van der Waals surface area contributed by atoms with Crippen LogP contribution in [0.1, 0.15) is 37.8 Å². The SMILES string of the molecule is Cc1nc(C(=O)N(C)[C@@H](CCc2ccccc2)CNC(=O)c2cccc3occc23)c(-c2ccccc2)s1. The predicted octanol–water partition coefficient (Wildman–Crippen LogP) is 6.37. The highest BCUT2D eigenvalue weighted by Crippen LogP contribution is 2.31. The first-order valence-electron chi connectivity index (χ1n) is 12.6. The van der Waals surface area contributed by atoms with E-state index in [1.54, 1.807) is 36.4 Å². The number of nitrogens with one attached hydrogen (secondary N) is 1. The van der Waals surface area contributed by atoms with Crippen LogP contribution in [0.2, 0.25) is 0 Å². The number of benzene rings is 3. The van der Waals surface area contributed by atoms with Gasteiger partial charge >= 0.3 is 0 Å². The van der Waals surface area contributed by atoms with Crippen LogP contribution < -0.4 is 5.32 Å². The number of furan rings is 1. The third kappa shape index (κ3) is 5.53. The van der Waals surface area contributed by atoms with Crippen LogP contribution in [0.5, 0.6) is 0 Å². The predicted molar refractivity (Wildman–Crippen MR) is 151 cm³/mol. The highest BCUT2D eigenvalue weighted by Gasteiger charge is 2.27. The fraction of sp³-hybridized carbons (Fsp3) is 0.194. The second-order valence-electron chi connectivity index (χ2n) is 9.22. The molecule has 2 aromatic heterocycles. The van der Waals surface area contributed by atoms with E-state index in [1.807, 2.05) is 61.5 Å². The Balaban J connectivity index is 1.38. The summed E-state index contributed by atoms with van der Waals surface area (Å²) in [7, 11) is 1.80. The van der Waals surface area contributed by atoms with Crippen molar-refractivity contribution in [3.05, 3.63) is 113 Å². The maximum atomic E-state index is 13.8. The number of carbonyl (C=O) groups is 2. The molecule has 2 heterocycles. The number of aryl methyl sites for hydroxylation is 2. The molecular weight excluding hydrogens is 494 g/mol. The van der Waals surface area contributed by atoms with Gasteiger partial charge in [-0.3, -0.25) is 9.59 Å². The summed E-state index contributed by atoms with van der Waals surface area (Å²) in [5.41, 5.74) is 3.81. The molecule has 0 aliphatic rings. The lowest BCUT2D eigenvalue weighted by Crippen LogP contribution is -2.45. The number of fused-ring (bicyclic) bond motifs is 1. The number of rotatable bonds is 9. The molecule has 0 spiro atoms. The highest BCUT2D eigenvalue weighted by molar-refractivity contribution is 7.15. The molecule has 0 unspecified atom stereocenters. The van der Waals surface area contributed by atoms with Gasteiger partial charge in [0, 0.05) is 25.0 Å². The lowest BCUT2D eigenvalue weighted by Gasteiger charge is -2.28. The first-order chi connectivity index (χ1) is 18.5. The first kappa shape index (κ1) is 25.4. The van der Waals surface area contributed by atoms with E-state index in [-0.39, 0.29) is 17.9 Å². The number of thiazole rings is 1. The van der Waals surface area contributed by atoms with E-state index in [9.17, 15) is 9.59 Å². The highest BCUT2D eigenvalue weighted by atomic mass is 32.1. The molecule has 0 saturated heterocycles. The van der Waals surface area contributed by atoms with E-state index in [0.29, 0.717) is 29.8 Å². The molecule has 5 rings (SSSR count). The second kappa shape index (κ2) is 11.4. The van der Waals surface area contributed by atoms with E-state index < -0.39 is 0 Å². The number of amides is 2. The normalized spacial score (nSPS) is 11.8. The lowest BCUT2D eigenvalue weighted by molar-refractivity contribution is 0.0706. The molecule has 0 bridgehead atoms.